The van der Waals surface area contributed by atoms with E-state index in [1.54, 1.807) is 0 Å². The molecule has 5 aliphatic rings. The van der Waals surface area contributed by atoms with Crippen LogP contribution in [-0.2, 0) is 5.41 Å². The lowest BCUT2D eigenvalue weighted by atomic mass is 9.49. The van der Waals surface area contributed by atoms with Crippen LogP contribution < -0.4 is 0 Å². The summed E-state index contributed by atoms with van der Waals surface area (Å²) in [6.45, 7) is 0. The molecule has 6 aromatic rings. The van der Waals surface area contributed by atoms with Crippen LogP contribution in [0.3, 0.4) is 0 Å². The lowest BCUT2D eigenvalue weighted by Crippen LogP contribution is -2.50. The van der Waals surface area contributed by atoms with Gasteiger partial charge in [-0.2, -0.15) is 5.26 Å². The highest BCUT2D eigenvalue weighted by atomic mass is 15.0. The molecule has 0 N–H and O–H groups in total. The van der Waals surface area contributed by atoms with Gasteiger partial charge in [0, 0.05) is 34.5 Å². The minimum Gasteiger partial charge on any atom is -0.264 e. The van der Waals surface area contributed by atoms with Crippen LogP contribution in [-0.4, -0.2) is 19.9 Å². The molecule has 0 radical (unpaired) electrons. The number of hydrogen-bond donors (Lipinski definition) is 0. The molecule has 5 heteroatoms. The summed E-state index contributed by atoms with van der Waals surface area (Å²) < 4.78 is 0. The van der Waals surface area contributed by atoms with Crippen molar-refractivity contribution in [1.29, 1.82) is 5.26 Å². The Bertz CT molecular complexity index is 2380. The first-order valence-corrected chi connectivity index (χ1v) is 17.7. The molecule has 49 heavy (non-hydrogen) atoms. The molecule has 5 aliphatic carbocycles. The van der Waals surface area contributed by atoms with Crippen molar-refractivity contribution >= 4 is 0 Å². The van der Waals surface area contributed by atoms with Gasteiger partial charge in [0.15, 0.2) is 17.5 Å². The lowest BCUT2D eigenvalue weighted by Gasteiger charge is -2.54. The third-order valence-corrected chi connectivity index (χ3v) is 13.2. The highest BCUT2D eigenvalue weighted by Crippen LogP contribution is 2.83. The van der Waals surface area contributed by atoms with Gasteiger partial charge in [-0.15, -0.1) is 0 Å². The van der Waals surface area contributed by atoms with Crippen LogP contribution in [0.2, 0.25) is 0 Å². The van der Waals surface area contributed by atoms with Crippen LogP contribution in [0.5, 0.6) is 0 Å². The van der Waals surface area contributed by atoms with Gasteiger partial charge in [0.2, 0.25) is 0 Å². The zero-order valence-corrected chi connectivity index (χ0v) is 27.1. The number of aromatic nitrogens is 4. The zero-order valence-electron chi connectivity index (χ0n) is 27.1. The monoisotopic (exact) mass is 631 g/mol. The Labute approximate surface area is 285 Å². The number of nitrogens with zero attached hydrogens (tertiary/aromatic N) is 5. The fraction of sp³-hybridized carbons (Fsp3) is 0.250. The first-order chi connectivity index (χ1) is 24.1. The second kappa shape index (κ2) is 9.80. The first-order valence-electron chi connectivity index (χ1n) is 17.7. The second-order valence-corrected chi connectivity index (χ2v) is 15.2. The van der Waals surface area contributed by atoms with Gasteiger partial charge in [-0.3, -0.25) is 4.98 Å². The highest BCUT2D eigenvalue weighted by Gasteiger charge is 2.76. The standard InChI is InChI=1S/C44H33N5/c45-24-26-5-4-8-31(17-26)28-9-11-30(12-10-28)41-47-40(29-6-2-1-3-7-29)48-42(49-41)32-13-14-37-36(20-32)35-15-16-46-25-38(35)44(37)34-19-27-18-33-21-39(44)43(33,22-27)23-34/h1-17,20,25,27,33-34,39H,18-19,21-23H2. The Morgan fingerprint density at radius 2 is 1.31 bits per heavy atom. The molecular weight excluding hydrogens is 599 g/mol. The molecule has 5 nitrogen and oxygen atoms in total. The van der Waals surface area contributed by atoms with E-state index in [1.165, 1.54) is 54.4 Å². The summed E-state index contributed by atoms with van der Waals surface area (Å²) in [6.07, 6.45) is 11.2. The predicted molar refractivity (Wildman–Crippen MR) is 190 cm³/mol. The summed E-state index contributed by atoms with van der Waals surface area (Å²) in [7, 11) is 0. The topological polar surface area (TPSA) is 75.3 Å². The van der Waals surface area contributed by atoms with Crippen LogP contribution in [0, 0.1) is 40.4 Å². The zero-order chi connectivity index (χ0) is 32.3. The van der Waals surface area contributed by atoms with Crippen LogP contribution >= 0.6 is 0 Å². The van der Waals surface area contributed by atoms with Crippen molar-refractivity contribution in [3.8, 4) is 62.5 Å². The third-order valence-electron chi connectivity index (χ3n) is 13.2. The van der Waals surface area contributed by atoms with E-state index in [0.717, 1.165) is 45.6 Å². The van der Waals surface area contributed by atoms with Gasteiger partial charge in [-0.25, -0.2) is 15.0 Å². The highest BCUT2D eigenvalue weighted by molar-refractivity contribution is 5.85. The molecule has 2 aromatic heterocycles. The number of benzene rings is 4. The molecule has 0 amide bonds. The Kier molecular flexibility index (Phi) is 5.49. The van der Waals surface area contributed by atoms with Crippen molar-refractivity contribution in [1.82, 2.24) is 19.9 Å². The average Bonchev–Trinajstić information content (AvgIpc) is 3.62. The third kappa shape index (κ3) is 3.64. The molecule has 0 aliphatic heterocycles. The van der Waals surface area contributed by atoms with Gasteiger partial charge in [-0.1, -0.05) is 78.9 Å². The van der Waals surface area contributed by atoms with Crippen molar-refractivity contribution in [2.75, 3.05) is 0 Å². The predicted octanol–water partition coefficient (Wildman–Crippen LogP) is 9.53. The first kappa shape index (κ1) is 27.5. The maximum absolute atomic E-state index is 9.39. The number of nitriles is 1. The Morgan fingerprint density at radius 3 is 2.12 bits per heavy atom. The largest absolute Gasteiger partial charge is 0.264 e. The van der Waals surface area contributed by atoms with Gasteiger partial charge < -0.3 is 0 Å². The molecule has 4 aromatic carbocycles. The van der Waals surface area contributed by atoms with Crippen molar-refractivity contribution in [2.24, 2.45) is 29.1 Å². The molecule has 4 saturated carbocycles. The molecule has 0 saturated heterocycles. The normalized spacial score (nSPS) is 27.7. The summed E-state index contributed by atoms with van der Waals surface area (Å²) in [5, 5.41) is 9.39. The van der Waals surface area contributed by atoms with Crippen LogP contribution in [0.1, 0.15) is 48.8 Å². The van der Waals surface area contributed by atoms with Crippen molar-refractivity contribution in [3.63, 3.8) is 0 Å². The van der Waals surface area contributed by atoms with Crippen molar-refractivity contribution < 1.29 is 0 Å². The SMILES string of the molecule is N#Cc1cccc(-c2ccc(-c3nc(-c4ccccc4)nc(-c4ccc5c(c4)-c4ccncc4C54C5CC6CC7CC4C7(C6)C5)n3)cc2)c1. The quantitative estimate of drug-likeness (QED) is 0.194. The maximum atomic E-state index is 9.39. The Balaban J connectivity index is 1.04. The molecular formula is C44H33N5. The van der Waals surface area contributed by atoms with Crippen LogP contribution in [0.4, 0.5) is 0 Å². The molecule has 3 bridgehead atoms. The van der Waals surface area contributed by atoms with Gasteiger partial charge in [0.05, 0.1) is 11.6 Å². The smallest absolute Gasteiger partial charge is 0.164 e. The van der Waals surface area contributed by atoms with E-state index in [4.69, 9.17) is 19.9 Å². The van der Waals surface area contributed by atoms with E-state index in [9.17, 15) is 5.26 Å². The molecule has 234 valence electrons. The number of fused-ring (bicyclic) bond motifs is 9. The van der Waals surface area contributed by atoms with Crippen LogP contribution in [0.15, 0.2) is 116 Å². The van der Waals surface area contributed by atoms with Crippen molar-refractivity contribution in [2.45, 2.75) is 37.5 Å². The minimum atomic E-state index is 0.0943. The molecule has 6 unspecified atom stereocenters. The number of rotatable bonds is 4. The van der Waals surface area contributed by atoms with E-state index in [1.807, 2.05) is 48.7 Å². The van der Waals surface area contributed by atoms with Gasteiger partial charge in [0.1, 0.15) is 0 Å². The second-order valence-electron chi connectivity index (χ2n) is 15.2. The Hall–Kier alpha value is -5.47. The molecule has 11 rings (SSSR count). The van der Waals surface area contributed by atoms with Gasteiger partial charge in [-0.05, 0) is 119 Å². The summed E-state index contributed by atoms with van der Waals surface area (Å²) in [5.41, 5.74) is 11.9. The van der Waals surface area contributed by atoms with Crippen LogP contribution in [0.25, 0.3) is 56.4 Å². The van der Waals surface area contributed by atoms with E-state index in [0.29, 0.717) is 34.4 Å². The molecule has 4 fully saturated rings. The Morgan fingerprint density at radius 1 is 0.592 bits per heavy atom. The lowest BCUT2D eigenvalue weighted by molar-refractivity contribution is -0.0194. The van der Waals surface area contributed by atoms with E-state index in [2.05, 4.69) is 72.9 Å². The van der Waals surface area contributed by atoms with E-state index >= 15 is 0 Å². The average molecular weight is 632 g/mol. The number of pyridine rings is 1. The number of hydrogen-bond acceptors (Lipinski definition) is 5. The van der Waals surface area contributed by atoms with E-state index < -0.39 is 0 Å². The fourth-order valence-corrected chi connectivity index (χ4v) is 11.4. The van der Waals surface area contributed by atoms with Gasteiger partial charge in [0.25, 0.3) is 0 Å². The summed E-state index contributed by atoms with van der Waals surface area (Å²) in [4.78, 5) is 20.0. The fourth-order valence-electron chi connectivity index (χ4n) is 11.4. The minimum absolute atomic E-state index is 0.0943. The summed E-state index contributed by atoms with van der Waals surface area (Å²) >= 11 is 0. The molecule has 6 atom stereocenters. The molecule has 2 spiro atoms. The maximum Gasteiger partial charge on any atom is 0.164 e. The van der Waals surface area contributed by atoms with E-state index in [-0.39, 0.29) is 5.41 Å². The van der Waals surface area contributed by atoms with Gasteiger partial charge >= 0.3 is 0 Å². The molecule has 2 heterocycles. The van der Waals surface area contributed by atoms with Crippen molar-refractivity contribution in [3.05, 3.63) is 132 Å². The summed E-state index contributed by atoms with van der Waals surface area (Å²) in [6, 6.07) is 37.7. The summed E-state index contributed by atoms with van der Waals surface area (Å²) in [5.74, 6) is 5.27.